The van der Waals surface area contributed by atoms with Crippen LogP contribution in [0, 0.1) is 23.4 Å². The Bertz CT molecular complexity index is 1430. The van der Waals surface area contributed by atoms with Crippen molar-refractivity contribution in [2.24, 2.45) is 5.92 Å². The zero-order valence-corrected chi connectivity index (χ0v) is 19.6. The first kappa shape index (κ1) is 25.1. The minimum Gasteiger partial charge on any atom is -0.396 e. The first-order valence-corrected chi connectivity index (χ1v) is 11.8. The molecule has 0 amide bonds. The number of benzene rings is 3. The highest BCUT2D eigenvalue weighted by Crippen LogP contribution is 2.39. The third kappa shape index (κ3) is 4.77. The molecule has 1 N–H and O–H groups in total. The summed E-state index contributed by atoms with van der Waals surface area (Å²) >= 11 is 0. The summed E-state index contributed by atoms with van der Waals surface area (Å²) < 4.78 is 84.2. The summed E-state index contributed by atoms with van der Waals surface area (Å²) in [4.78, 5) is 2.14. The molecule has 0 spiro atoms. The molecule has 1 fully saturated rings. The minimum absolute atomic E-state index is 0.0990. The number of aliphatic hydroxyl groups is 1. The summed E-state index contributed by atoms with van der Waals surface area (Å²) in [5.41, 5.74) is 0.212. The molecule has 37 heavy (non-hydrogen) atoms. The largest absolute Gasteiger partial charge is 0.418 e. The van der Waals surface area contributed by atoms with Crippen molar-refractivity contribution >= 4 is 16.6 Å². The maximum absolute atomic E-state index is 14.5. The van der Waals surface area contributed by atoms with Crippen LogP contribution in [-0.2, 0) is 12.7 Å². The predicted octanol–water partition coefficient (Wildman–Crippen LogP) is 6.40. The summed E-state index contributed by atoms with van der Waals surface area (Å²) in [6, 6.07) is 12.7. The van der Waals surface area contributed by atoms with Gasteiger partial charge in [-0.15, -0.1) is 0 Å². The second-order valence-electron chi connectivity index (χ2n) is 9.22. The Morgan fingerprint density at radius 2 is 1.70 bits per heavy atom. The molecule has 10 heteroatoms. The van der Waals surface area contributed by atoms with Gasteiger partial charge in [0.1, 0.15) is 5.52 Å². The third-order valence-electron chi connectivity index (χ3n) is 6.79. The number of halogens is 6. The number of nitrogens with zero attached hydrogens (tertiary/aromatic N) is 3. The zero-order valence-electron chi connectivity index (χ0n) is 19.6. The van der Waals surface area contributed by atoms with Gasteiger partial charge < -0.3 is 10.0 Å². The number of fused-ring (bicyclic) bond motifs is 1. The highest BCUT2D eigenvalue weighted by Gasteiger charge is 2.34. The molecule has 1 saturated heterocycles. The number of aliphatic hydroxyl groups excluding tert-OH is 1. The van der Waals surface area contributed by atoms with E-state index in [0.29, 0.717) is 17.8 Å². The van der Waals surface area contributed by atoms with Gasteiger partial charge >= 0.3 is 6.18 Å². The van der Waals surface area contributed by atoms with E-state index in [-0.39, 0.29) is 29.0 Å². The molecule has 0 aliphatic carbocycles. The quantitative estimate of drug-likeness (QED) is 0.245. The van der Waals surface area contributed by atoms with Crippen molar-refractivity contribution in [3.8, 4) is 11.3 Å². The first-order chi connectivity index (χ1) is 17.7. The molecule has 0 bridgehead atoms. The standard InChI is InChI=1S/C27H23F6N3O/c28-22-11-8-18(23(29)24(22)30)14-36-26(20-4-1-5-21(25(20)34-36)27(31,32)33)17-6-9-19(10-7-17)35-12-2-3-16(13-35)15-37/h1,4-11,16,37H,2-3,12-15H2. The van der Waals surface area contributed by atoms with Crippen molar-refractivity contribution in [1.29, 1.82) is 0 Å². The monoisotopic (exact) mass is 519 g/mol. The lowest BCUT2D eigenvalue weighted by Crippen LogP contribution is -2.36. The summed E-state index contributed by atoms with van der Waals surface area (Å²) in [5, 5.41) is 13.9. The molecule has 1 aromatic heterocycles. The van der Waals surface area contributed by atoms with Crippen LogP contribution in [0.15, 0.2) is 54.6 Å². The van der Waals surface area contributed by atoms with Crippen molar-refractivity contribution in [2.75, 3.05) is 24.6 Å². The van der Waals surface area contributed by atoms with Crippen molar-refractivity contribution in [3.63, 3.8) is 0 Å². The van der Waals surface area contributed by atoms with Crippen LogP contribution in [0.25, 0.3) is 22.2 Å². The normalized spacial score (nSPS) is 16.5. The van der Waals surface area contributed by atoms with Crippen LogP contribution in [0.1, 0.15) is 24.0 Å². The highest BCUT2D eigenvalue weighted by atomic mass is 19.4. The van der Waals surface area contributed by atoms with E-state index in [2.05, 4.69) is 10.00 Å². The first-order valence-electron chi connectivity index (χ1n) is 11.8. The molecular formula is C27H23F6N3O. The Labute approximate surface area is 208 Å². The molecule has 3 aromatic carbocycles. The van der Waals surface area contributed by atoms with Crippen LogP contribution in [-0.4, -0.2) is 34.6 Å². The van der Waals surface area contributed by atoms with E-state index in [1.54, 1.807) is 12.1 Å². The molecule has 194 valence electrons. The van der Waals surface area contributed by atoms with Crippen molar-refractivity contribution in [1.82, 2.24) is 9.78 Å². The summed E-state index contributed by atoms with van der Waals surface area (Å²) in [5.74, 6) is -4.26. The molecular weight excluding hydrogens is 496 g/mol. The van der Waals surface area contributed by atoms with E-state index in [4.69, 9.17) is 0 Å². The summed E-state index contributed by atoms with van der Waals surface area (Å²) in [6.45, 7) is 1.21. The van der Waals surface area contributed by atoms with Gasteiger partial charge in [-0.3, -0.25) is 4.68 Å². The van der Waals surface area contributed by atoms with Crippen molar-refractivity contribution in [3.05, 3.63) is 83.2 Å². The molecule has 4 aromatic rings. The maximum atomic E-state index is 14.5. The average Bonchev–Trinajstić information content (AvgIpc) is 3.26. The predicted molar refractivity (Wildman–Crippen MR) is 128 cm³/mol. The van der Waals surface area contributed by atoms with Gasteiger partial charge in [-0.05, 0) is 43.0 Å². The Kier molecular flexibility index (Phi) is 6.61. The lowest BCUT2D eigenvalue weighted by atomic mass is 9.98. The van der Waals surface area contributed by atoms with E-state index < -0.39 is 35.7 Å². The number of hydrogen-bond donors (Lipinski definition) is 1. The molecule has 1 aliphatic rings. The molecule has 2 heterocycles. The molecule has 4 nitrogen and oxygen atoms in total. The fourth-order valence-corrected chi connectivity index (χ4v) is 4.93. The van der Waals surface area contributed by atoms with Gasteiger partial charge in [-0.25, -0.2) is 13.2 Å². The second-order valence-corrected chi connectivity index (χ2v) is 9.22. The molecule has 0 saturated carbocycles. The SMILES string of the molecule is OCC1CCCN(c2ccc(-c3c4cccc(C(F)(F)F)c4nn3Cc3ccc(F)c(F)c3F)cc2)C1. The second kappa shape index (κ2) is 9.74. The van der Waals surface area contributed by atoms with Gasteiger partial charge in [0.2, 0.25) is 0 Å². The maximum Gasteiger partial charge on any atom is 0.418 e. The van der Waals surface area contributed by atoms with Gasteiger partial charge in [-0.1, -0.05) is 30.3 Å². The smallest absolute Gasteiger partial charge is 0.396 e. The lowest BCUT2D eigenvalue weighted by molar-refractivity contribution is -0.136. The van der Waals surface area contributed by atoms with E-state index in [0.717, 1.165) is 43.3 Å². The van der Waals surface area contributed by atoms with Crippen LogP contribution in [0.4, 0.5) is 32.0 Å². The zero-order chi connectivity index (χ0) is 26.3. The average molecular weight is 519 g/mol. The number of aromatic nitrogens is 2. The molecule has 1 unspecified atom stereocenters. The molecule has 1 atom stereocenters. The van der Waals surface area contributed by atoms with E-state index in [9.17, 15) is 31.4 Å². The highest BCUT2D eigenvalue weighted by molar-refractivity contribution is 5.95. The number of hydrogen-bond acceptors (Lipinski definition) is 3. The lowest BCUT2D eigenvalue weighted by Gasteiger charge is -2.33. The topological polar surface area (TPSA) is 41.3 Å². The van der Waals surface area contributed by atoms with Crippen molar-refractivity contribution < 1.29 is 31.4 Å². The van der Waals surface area contributed by atoms with Gasteiger partial charge in [0, 0.05) is 41.9 Å². The van der Waals surface area contributed by atoms with Crippen LogP contribution in [0.3, 0.4) is 0 Å². The van der Waals surface area contributed by atoms with Gasteiger partial charge in [-0.2, -0.15) is 18.3 Å². The van der Waals surface area contributed by atoms with Crippen LogP contribution < -0.4 is 4.90 Å². The van der Waals surface area contributed by atoms with E-state index in [1.165, 1.54) is 16.8 Å². The Balaban J connectivity index is 1.61. The Hall–Kier alpha value is -3.53. The van der Waals surface area contributed by atoms with Crippen LogP contribution in [0.5, 0.6) is 0 Å². The fraction of sp³-hybridized carbons (Fsp3) is 0.296. The number of rotatable bonds is 5. The number of piperidine rings is 1. The van der Waals surface area contributed by atoms with Gasteiger partial charge in [0.15, 0.2) is 17.5 Å². The Morgan fingerprint density at radius 3 is 2.41 bits per heavy atom. The van der Waals surface area contributed by atoms with Crippen molar-refractivity contribution in [2.45, 2.75) is 25.6 Å². The molecule has 1 aliphatic heterocycles. The molecule has 0 radical (unpaired) electrons. The van der Waals surface area contributed by atoms with Gasteiger partial charge in [0.25, 0.3) is 0 Å². The van der Waals surface area contributed by atoms with E-state index >= 15 is 0 Å². The summed E-state index contributed by atoms with van der Waals surface area (Å²) in [6.07, 6.45) is -2.80. The minimum atomic E-state index is -4.68. The number of anilines is 1. The van der Waals surface area contributed by atoms with E-state index in [1.807, 2.05) is 12.1 Å². The molecule has 5 rings (SSSR count). The van der Waals surface area contributed by atoms with Crippen LogP contribution in [0.2, 0.25) is 0 Å². The van der Waals surface area contributed by atoms with Gasteiger partial charge in [0.05, 0.1) is 17.8 Å². The van der Waals surface area contributed by atoms with Crippen LogP contribution >= 0.6 is 0 Å². The fourth-order valence-electron chi connectivity index (χ4n) is 4.93. The third-order valence-corrected chi connectivity index (χ3v) is 6.79. The Morgan fingerprint density at radius 1 is 0.946 bits per heavy atom. The summed E-state index contributed by atoms with van der Waals surface area (Å²) in [7, 11) is 0. The number of alkyl halides is 3.